The number of likely N-dealkylation sites (tertiary alicyclic amines) is 1. The molecular formula is C16H22BrNO2. The summed E-state index contributed by atoms with van der Waals surface area (Å²) in [7, 11) is 0. The molecule has 4 heteroatoms. The van der Waals surface area contributed by atoms with E-state index in [0.29, 0.717) is 0 Å². The van der Waals surface area contributed by atoms with E-state index in [1.54, 1.807) is 0 Å². The first-order chi connectivity index (χ1) is 9.38. The second-order valence-electron chi connectivity index (χ2n) is 6.27. The fourth-order valence-corrected chi connectivity index (χ4v) is 2.77. The van der Waals surface area contributed by atoms with Crippen molar-refractivity contribution in [2.45, 2.75) is 39.0 Å². The van der Waals surface area contributed by atoms with Crippen LogP contribution in [-0.4, -0.2) is 30.5 Å². The maximum atomic E-state index is 11.9. The third-order valence-corrected chi connectivity index (χ3v) is 4.23. The van der Waals surface area contributed by atoms with E-state index < -0.39 is 0 Å². The summed E-state index contributed by atoms with van der Waals surface area (Å²) >= 11 is 3.52. The molecule has 0 unspecified atom stereocenters. The van der Waals surface area contributed by atoms with Gasteiger partial charge in [-0.1, -0.05) is 26.8 Å². The normalized spacial score (nSPS) is 15.5. The molecule has 0 saturated carbocycles. The zero-order valence-electron chi connectivity index (χ0n) is 12.4. The van der Waals surface area contributed by atoms with E-state index in [4.69, 9.17) is 4.74 Å². The number of hydrogen-bond donors (Lipinski definition) is 0. The van der Waals surface area contributed by atoms with E-state index in [-0.39, 0.29) is 17.9 Å². The van der Waals surface area contributed by atoms with Crippen LogP contribution in [0.3, 0.4) is 0 Å². The number of amides is 1. The minimum atomic E-state index is 0.0781. The Morgan fingerprint density at radius 3 is 2.50 bits per heavy atom. The van der Waals surface area contributed by atoms with Crippen molar-refractivity contribution in [1.29, 1.82) is 0 Å². The van der Waals surface area contributed by atoms with Crippen LogP contribution in [0.5, 0.6) is 5.75 Å². The molecule has 3 nitrogen and oxygen atoms in total. The number of hydrogen-bond acceptors (Lipinski definition) is 2. The summed E-state index contributed by atoms with van der Waals surface area (Å²) in [4.78, 5) is 13.8. The lowest BCUT2D eigenvalue weighted by Crippen LogP contribution is -2.32. The Balaban J connectivity index is 1.98. The van der Waals surface area contributed by atoms with Gasteiger partial charge in [-0.3, -0.25) is 4.79 Å². The number of benzene rings is 1. The molecule has 1 amide bonds. The number of ether oxygens (including phenoxy) is 1. The molecule has 2 rings (SSSR count). The van der Waals surface area contributed by atoms with Gasteiger partial charge in [-0.25, -0.2) is 0 Å². The van der Waals surface area contributed by atoms with E-state index in [1.807, 2.05) is 11.0 Å². The zero-order chi connectivity index (χ0) is 14.8. The van der Waals surface area contributed by atoms with Crippen molar-refractivity contribution in [3.8, 4) is 5.75 Å². The van der Waals surface area contributed by atoms with Gasteiger partial charge in [-0.05, 0) is 51.9 Å². The van der Waals surface area contributed by atoms with Crippen LogP contribution in [0, 0.1) is 0 Å². The first-order valence-corrected chi connectivity index (χ1v) is 7.88. The summed E-state index contributed by atoms with van der Waals surface area (Å²) in [6, 6.07) is 6.05. The maximum absolute atomic E-state index is 11.9. The lowest BCUT2D eigenvalue weighted by Gasteiger charge is -2.20. The van der Waals surface area contributed by atoms with E-state index in [9.17, 15) is 4.79 Å². The molecule has 20 heavy (non-hydrogen) atoms. The second-order valence-corrected chi connectivity index (χ2v) is 7.13. The highest BCUT2D eigenvalue weighted by Gasteiger charge is 2.19. The second kappa shape index (κ2) is 6.17. The fraction of sp³-hybridized carbons (Fsp3) is 0.562. The van der Waals surface area contributed by atoms with E-state index in [2.05, 4.69) is 48.8 Å². The number of nitrogens with zero attached hydrogens (tertiary/aromatic N) is 1. The monoisotopic (exact) mass is 339 g/mol. The quantitative estimate of drug-likeness (QED) is 0.839. The molecule has 1 aliphatic heterocycles. The van der Waals surface area contributed by atoms with Crippen LogP contribution in [0.4, 0.5) is 0 Å². The molecule has 1 saturated heterocycles. The minimum absolute atomic E-state index is 0.0781. The number of rotatable bonds is 3. The van der Waals surface area contributed by atoms with Crippen LogP contribution in [0.15, 0.2) is 22.7 Å². The summed E-state index contributed by atoms with van der Waals surface area (Å²) < 4.78 is 6.54. The Labute approximate surface area is 129 Å². The van der Waals surface area contributed by atoms with Gasteiger partial charge >= 0.3 is 0 Å². The molecular weight excluding hydrogens is 318 g/mol. The van der Waals surface area contributed by atoms with Crippen molar-refractivity contribution in [2.75, 3.05) is 19.7 Å². The van der Waals surface area contributed by atoms with Gasteiger partial charge in [-0.15, -0.1) is 0 Å². The van der Waals surface area contributed by atoms with Gasteiger partial charge in [0.25, 0.3) is 5.91 Å². The molecule has 110 valence electrons. The van der Waals surface area contributed by atoms with Crippen molar-refractivity contribution in [3.63, 3.8) is 0 Å². The van der Waals surface area contributed by atoms with Crippen molar-refractivity contribution in [1.82, 2.24) is 4.90 Å². The minimum Gasteiger partial charge on any atom is -0.483 e. The van der Waals surface area contributed by atoms with Crippen LogP contribution in [0.1, 0.15) is 39.2 Å². The highest BCUT2D eigenvalue weighted by molar-refractivity contribution is 9.10. The smallest absolute Gasteiger partial charge is 0.260 e. The van der Waals surface area contributed by atoms with Crippen molar-refractivity contribution < 1.29 is 9.53 Å². The summed E-state index contributed by atoms with van der Waals surface area (Å²) in [6.07, 6.45) is 2.21. The van der Waals surface area contributed by atoms with Crippen LogP contribution in [-0.2, 0) is 10.2 Å². The Morgan fingerprint density at radius 2 is 1.95 bits per heavy atom. The van der Waals surface area contributed by atoms with Gasteiger partial charge in [0.15, 0.2) is 6.61 Å². The molecule has 0 N–H and O–H groups in total. The first-order valence-electron chi connectivity index (χ1n) is 7.08. The Hall–Kier alpha value is -1.03. The maximum Gasteiger partial charge on any atom is 0.260 e. The van der Waals surface area contributed by atoms with Gasteiger partial charge in [0, 0.05) is 13.1 Å². The van der Waals surface area contributed by atoms with Crippen LogP contribution in [0.2, 0.25) is 0 Å². The average molecular weight is 340 g/mol. The molecule has 1 aromatic rings. The van der Waals surface area contributed by atoms with Gasteiger partial charge in [0.1, 0.15) is 5.75 Å². The predicted octanol–water partition coefficient (Wildman–Crippen LogP) is 3.75. The van der Waals surface area contributed by atoms with Crippen LogP contribution < -0.4 is 4.74 Å². The summed E-state index contributed by atoms with van der Waals surface area (Å²) in [5, 5.41) is 0. The van der Waals surface area contributed by atoms with Crippen molar-refractivity contribution >= 4 is 21.8 Å². The van der Waals surface area contributed by atoms with Crippen molar-refractivity contribution in [2.24, 2.45) is 0 Å². The standard InChI is InChI=1S/C16H22BrNO2/c1-16(2,3)12-6-7-14(13(17)10-12)20-11-15(19)18-8-4-5-9-18/h6-7,10H,4-5,8-9,11H2,1-3H3. The van der Waals surface area contributed by atoms with E-state index in [0.717, 1.165) is 36.2 Å². The molecule has 0 bridgehead atoms. The number of carbonyl (C=O) groups is 1. The highest BCUT2D eigenvalue weighted by atomic mass is 79.9. The lowest BCUT2D eigenvalue weighted by atomic mass is 9.87. The molecule has 0 aliphatic carbocycles. The lowest BCUT2D eigenvalue weighted by molar-refractivity contribution is -0.132. The van der Waals surface area contributed by atoms with Gasteiger partial charge in [-0.2, -0.15) is 0 Å². The summed E-state index contributed by atoms with van der Waals surface area (Å²) in [5.41, 5.74) is 1.34. The molecule has 1 heterocycles. The zero-order valence-corrected chi connectivity index (χ0v) is 14.0. The first kappa shape index (κ1) is 15.4. The average Bonchev–Trinajstić information content (AvgIpc) is 2.89. The Morgan fingerprint density at radius 1 is 1.30 bits per heavy atom. The fourth-order valence-electron chi connectivity index (χ4n) is 2.28. The Bertz CT molecular complexity index is 488. The molecule has 0 atom stereocenters. The van der Waals surface area contributed by atoms with Crippen molar-refractivity contribution in [3.05, 3.63) is 28.2 Å². The Kier molecular flexibility index (Phi) is 4.74. The molecule has 1 fully saturated rings. The van der Waals surface area contributed by atoms with Gasteiger partial charge in [0.2, 0.25) is 0 Å². The SMILES string of the molecule is CC(C)(C)c1ccc(OCC(=O)N2CCCC2)c(Br)c1. The molecule has 0 spiro atoms. The van der Waals surface area contributed by atoms with Gasteiger partial charge < -0.3 is 9.64 Å². The van der Waals surface area contributed by atoms with Crippen LogP contribution in [0.25, 0.3) is 0 Å². The molecule has 1 aromatic carbocycles. The number of carbonyl (C=O) groups excluding carboxylic acids is 1. The van der Waals surface area contributed by atoms with E-state index >= 15 is 0 Å². The number of halogens is 1. The largest absolute Gasteiger partial charge is 0.483 e. The molecule has 0 radical (unpaired) electrons. The third-order valence-electron chi connectivity index (χ3n) is 3.61. The van der Waals surface area contributed by atoms with E-state index in [1.165, 1.54) is 5.56 Å². The topological polar surface area (TPSA) is 29.5 Å². The summed E-state index contributed by atoms with van der Waals surface area (Å²) in [5.74, 6) is 0.805. The predicted molar refractivity (Wildman–Crippen MR) is 84.2 cm³/mol. The van der Waals surface area contributed by atoms with Gasteiger partial charge in [0.05, 0.1) is 4.47 Å². The summed E-state index contributed by atoms with van der Waals surface area (Å²) in [6.45, 7) is 8.37. The third kappa shape index (κ3) is 3.75. The highest BCUT2D eigenvalue weighted by Crippen LogP contribution is 2.31. The molecule has 0 aromatic heterocycles. The van der Waals surface area contributed by atoms with Crippen LogP contribution >= 0.6 is 15.9 Å². The molecule has 1 aliphatic rings.